The Hall–Kier alpha value is -2.57. The monoisotopic (exact) mass is 395 g/mol. The van der Waals surface area contributed by atoms with Crippen LogP contribution in [0.1, 0.15) is 24.4 Å². The molecular formula is C22H21NO4S. The second-order valence-electron chi connectivity index (χ2n) is 7.19. The van der Waals surface area contributed by atoms with Crippen LogP contribution < -0.4 is 9.47 Å². The molecule has 0 aromatic heterocycles. The summed E-state index contributed by atoms with van der Waals surface area (Å²) in [5.74, 6) is 1.41. The lowest BCUT2D eigenvalue weighted by Crippen LogP contribution is -2.30. The summed E-state index contributed by atoms with van der Waals surface area (Å²) in [6, 6.07) is 18.7. The minimum absolute atomic E-state index is 0.188. The third-order valence-corrected chi connectivity index (χ3v) is 7.39. The van der Waals surface area contributed by atoms with Gasteiger partial charge in [0.05, 0.1) is 10.9 Å². The van der Waals surface area contributed by atoms with Gasteiger partial charge in [0.15, 0.2) is 11.5 Å². The Bertz CT molecular complexity index is 1140. The molecule has 0 saturated carbocycles. The van der Waals surface area contributed by atoms with Crippen LogP contribution in [-0.2, 0) is 10.0 Å². The van der Waals surface area contributed by atoms with Crippen molar-refractivity contribution in [3.8, 4) is 11.5 Å². The Morgan fingerprint density at radius 1 is 0.857 bits per heavy atom. The van der Waals surface area contributed by atoms with Crippen molar-refractivity contribution in [2.75, 3.05) is 19.8 Å². The van der Waals surface area contributed by atoms with Crippen molar-refractivity contribution in [2.24, 2.45) is 0 Å². The van der Waals surface area contributed by atoms with Crippen LogP contribution in [0.3, 0.4) is 0 Å². The molecule has 0 bridgehead atoms. The number of hydrogen-bond acceptors (Lipinski definition) is 4. The van der Waals surface area contributed by atoms with E-state index in [1.165, 1.54) is 0 Å². The number of nitrogens with zero attached hydrogens (tertiary/aromatic N) is 1. The van der Waals surface area contributed by atoms with Crippen molar-refractivity contribution in [3.05, 3.63) is 66.2 Å². The molecule has 1 atom stereocenters. The van der Waals surface area contributed by atoms with Gasteiger partial charge in [-0.05, 0) is 53.4 Å². The fraction of sp³-hybridized carbons (Fsp3) is 0.273. The quantitative estimate of drug-likeness (QED) is 0.669. The summed E-state index contributed by atoms with van der Waals surface area (Å²) in [6.07, 6.45) is 1.64. The normalized spacial score (nSPS) is 19.8. The summed E-state index contributed by atoms with van der Waals surface area (Å²) >= 11 is 0. The van der Waals surface area contributed by atoms with Crippen molar-refractivity contribution in [1.82, 2.24) is 4.31 Å². The zero-order chi connectivity index (χ0) is 19.1. The van der Waals surface area contributed by atoms with Crippen molar-refractivity contribution >= 4 is 20.8 Å². The van der Waals surface area contributed by atoms with Gasteiger partial charge in [-0.1, -0.05) is 36.4 Å². The smallest absolute Gasteiger partial charge is 0.243 e. The average Bonchev–Trinajstić information content (AvgIpc) is 3.24. The number of fused-ring (bicyclic) bond motifs is 2. The van der Waals surface area contributed by atoms with Crippen LogP contribution in [0.25, 0.3) is 10.8 Å². The predicted octanol–water partition coefficient (Wildman–Crippen LogP) is 4.14. The molecule has 0 spiro atoms. The van der Waals surface area contributed by atoms with E-state index in [1.807, 2.05) is 48.5 Å². The Morgan fingerprint density at radius 2 is 1.64 bits per heavy atom. The highest BCUT2D eigenvalue weighted by Crippen LogP contribution is 2.40. The standard InChI is InChI=1S/C22H21NO4S/c24-28(25,19-9-7-16-4-1-2-5-17(16)14-19)23-11-3-6-20(23)18-8-10-21-22(15-18)27-13-12-26-21/h1-2,4-5,7-10,14-15,20H,3,6,11-13H2. The predicted molar refractivity (Wildman–Crippen MR) is 107 cm³/mol. The van der Waals surface area contributed by atoms with Gasteiger partial charge in [-0.25, -0.2) is 8.42 Å². The molecule has 2 aliphatic rings. The summed E-state index contributed by atoms with van der Waals surface area (Å²) in [6.45, 7) is 1.58. The van der Waals surface area contributed by atoms with E-state index >= 15 is 0 Å². The van der Waals surface area contributed by atoms with Crippen LogP contribution in [0.4, 0.5) is 0 Å². The first-order valence-corrected chi connectivity index (χ1v) is 11.0. The number of benzene rings is 3. The summed E-state index contributed by atoms with van der Waals surface area (Å²) < 4.78 is 39.7. The van der Waals surface area contributed by atoms with E-state index in [0.29, 0.717) is 30.4 Å². The molecule has 0 N–H and O–H groups in total. The minimum Gasteiger partial charge on any atom is -0.486 e. The van der Waals surface area contributed by atoms with Gasteiger partial charge >= 0.3 is 0 Å². The fourth-order valence-electron chi connectivity index (χ4n) is 4.09. The maximum Gasteiger partial charge on any atom is 0.243 e. The Balaban J connectivity index is 1.51. The van der Waals surface area contributed by atoms with E-state index in [9.17, 15) is 8.42 Å². The lowest BCUT2D eigenvalue weighted by atomic mass is 10.0. The van der Waals surface area contributed by atoms with Crippen molar-refractivity contribution in [3.63, 3.8) is 0 Å². The van der Waals surface area contributed by atoms with Crippen molar-refractivity contribution < 1.29 is 17.9 Å². The fourth-order valence-corrected chi connectivity index (χ4v) is 5.81. The van der Waals surface area contributed by atoms with Gasteiger partial charge < -0.3 is 9.47 Å². The highest BCUT2D eigenvalue weighted by molar-refractivity contribution is 7.89. The van der Waals surface area contributed by atoms with Gasteiger partial charge in [-0.3, -0.25) is 0 Å². The summed E-state index contributed by atoms with van der Waals surface area (Å²) in [4.78, 5) is 0.343. The first-order chi connectivity index (χ1) is 13.6. The molecule has 3 aromatic rings. The molecule has 3 aromatic carbocycles. The van der Waals surface area contributed by atoms with E-state index in [2.05, 4.69) is 0 Å². The van der Waals surface area contributed by atoms with Crippen LogP contribution in [0.2, 0.25) is 0 Å². The minimum atomic E-state index is -3.59. The molecule has 1 fully saturated rings. The molecule has 0 radical (unpaired) electrons. The highest BCUT2D eigenvalue weighted by atomic mass is 32.2. The molecule has 144 valence electrons. The maximum absolute atomic E-state index is 13.4. The van der Waals surface area contributed by atoms with Crippen LogP contribution in [0.15, 0.2) is 65.6 Å². The van der Waals surface area contributed by atoms with Crippen molar-refractivity contribution in [2.45, 2.75) is 23.8 Å². The molecule has 2 heterocycles. The number of ether oxygens (including phenoxy) is 2. The molecule has 1 saturated heterocycles. The van der Waals surface area contributed by atoms with Crippen molar-refractivity contribution in [1.29, 1.82) is 0 Å². The molecule has 5 rings (SSSR count). The first-order valence-electron chi connectivity index (χ1n) is 9.53. The zero-order valence-electron chi connectivity index (χ0n) is 15.4. The van der Waals surface area contributed by atoms with Crippen LogP contribution >= 0.6 is 0 Å². The topological polar surface area (TPSA) is 55.8 Å². The van der Waals surface area contributed by atoms with Gasteiger partial charge in [0, 0.05) is 6.54 Å². The summed E-state index contributed by atoms with van der Waals surface area (Å²) in [7, 11) is -3.59. The maximum atomic E-state index is 13.4. The zero-order valence-corrected chi connectivity index (χ0v) is 16.2. The lowest BCUT2D eigenvalue weighted by molar-refractivity contribution is 0.171. The molecule has 6 heteroatoms. The molecule has 5 nitrogen and oxygen atoms in total. The van der Waals surface area contributed by atoms with Gasteiger partial charge in [0.2, 0.25) is 10.0 Å². The Morgan fingerprint density at radius 3 is 2.50 bits per heavy atom. The van der Waals surface area contributed by atoms with E-state index in [4.69, 9.17) is 9.47 Å². The van der Waals surface area contributed by atoms with Crippen LogP contribution in [0, 0.1) is 0 Å². The third kappa shape index (κ3) is 2.93. The largest absolute Gasteiger partial charge is 0.486 e. The molecule has 2 aliphatic heterocycles. The molecule has 28 heavy (non-hydrogen) atoms. The van der Waals surface area contributed by atoms with Gasteiger partial charge in [-0.15, -0.1) is 0 Å². The number of sulfonamides is 1. The summed E-state index contributed by atoms with van der Waals surface area (Å²) in [5, 5.41) is 1.96. The summed E-state index contributed by atoms with van der Waals surface area (Å²) in [5.41, 5.74) is 0.950. The molecular weight excluding hydrogens is 374 g/mol. The van der Waals surface area contributed by atoms with E-state index in [-0.39, 0.29) is 6.04 Å². The second-order valence-corrected chi connectivity index (χ2v) is 9.08. The van der Waals surface area contributed by atoms with E-state index in [0.717, 1.165) is 34.9 Å². The molecule has 1 unspecified atom stereocenters. The Kier molecular flexibility index (Phi) is 4.25. The molecule has 0 aliphatic carbocycles. The SMILES string of the molecule is O=S(=O)(c1ccc2ccccc2c1)N1CCCC1c1ccc2c(c1)OCCO2. The van der Waals surface area contributed by atoms with Gasteiger partial charge in [0.25, 0.3) is 0 Å². The van der Waals surface area contributed by atoms with Gasteiger partial charge in [0.1, 0.15) is 13.2 Å². The average molecular weight is 395 g/mol. The second kappa shape index (κ2) is 6.79. The van der Waals surface area contributed by atoms with Crippen LogP contribution in [0.5, 0.6) is 11.5 Å². The Labute approximate surface area is 164 Å². The number of rotatable bonds is 3. The first kappa shape index (κ1) is 17.5. The van der Waals surface area contributed by atoms with Gasteiger partial charge in [-0.2, -0.15) is 4.31 Å². The van der Waals surface area contributed by atoms with E-state index in [1.54, 1.807) is 16.4 Å². The lowest BCUT2D eigenvalue weighted by Gasteiger charge is -2.26. The number of hydrogen-bond donors (Lipinski definition) is 0. The third-order valence-electron chi connectivity index (χ3n) is 5.48. The highest BCUT2D eigenvalue weighted by Gasteiger charge is 2.36. The van der Waals surface area contributed by atoms with E-state index < -0.39 is 10.0 Å². The molecule has 0 amide bonds. The van der Waals surface area contributed by atoms with Crippen LogP contribution in [-0.4, -0.2) is 32.5 Å².